The third kappa shape index (κ3) is 1.59. The fourth-order valence-electron chi connectivity index (χ4n) is 1.50. The number of hydrogen-bond donors (Lipinski definition) is 0. The Morgan fingerprint density at radius 1 is 1.62 bits per heavy atom. The maximum atomic E-state index is 13.5. The minimum Gasteiger partial charge on any atom is -0.465 e. The van der Waals surface area contributed by atoms with Crippen molar-refractivity contribution in [1.29, 1.82) is 0 Å². The molecule has 0 radical (unpaired) electrons. The van der Waals surface area contributed by atoms with Crippen LogP contribution in [0.1, 0.15) is 10.4 Å². The summed E-state index contributed by atoms with van der Waals surface area (Å²) in [6.07, 6.45) is 1.63. The van der Waals surface area contributed by atoms with Crippen LogP contribution in [0.5, 0.6) is 0 Å². The van der Waals surface area contributed by atoms with Gasteiger partial charge in [-0.25, -0.2) is 9.18 Å². The number of fused-ring (bicyclic) bond motifs is 1. The summed E-state index contributed by atoms with van der Waals surface area (Å²) < 4.78 is 19.9. The first kappa shape index (κ1) is 11.1. The monoisotopic (exact) mass is 286 g/mol. The predicted molar refractivity (Wildman–Crippen MR) is 59.7 cm³/mol. The van der Waals surface area contributed by atoms with E-state index in [9.17, 15) is 9.18 Å². The summed E-state index contributed by atoms with van der Waals surface area (Å²) in [5.74, 6) is -1.11. The molecule has 0 atom stereocenters. The predicted octanol–water partition coefficient (Wildman–Crippen LogP) is 2.26. The summed E-state index contributed by atoms with van der Waals surface area (Å²) in [6.45, 7) is 0. The van der Waals surface area contributed by atoms with Crippen molar-refractivity contribution in [2.45, 2.75) is 0 Å². The van der Waals surface area contributed by atoms with Crippen LogP contribution >= 0.6 is 15.9 Å². The summed E-state index contributed by atoms with van der Waals surface area (Å²) in [4.78, 5) is 11.4. The highest BCUT2D eigenvalue weighted by molar-refractivity contribution is 9.10. The number of rotatable bonds is 1. The van der Waals surface area contributed by atoms with Crippen LogP contribution in [0, 0.1) is 5.82 Å². The molecule has 1 heterocycles. The van der Waals surface area contributed by atoms with Gasteiger partial charge in [0.2, 0.25) is 0 Å². The second-order valence-corrected chi connectivity index (χ2v) is 4.07. The van der Waals surface area contributed by atoms with Crippen LogP contribution in [0.4, 0.5) is 4.39 Å². The lowest BCUT2D eigenvalue weighted by Crippen LogP contribution is -2.03. The molecule has 4 nitrogen and oxygen atoms in total. The number of methoxy groups -OCH3 is 1. The van der Waals surface area contributed by atoms with Gasteiger partial charge in [-0.1, -0.05) is 0 Å². The lowest BCUT2D eigenvalue weighted by atomic mass is 10.1. The highest BCUT2D eigenvalue weighted by atomic mass is 79.9. The zero-order valence-electron chi connectivity index (χ0n) is 8.62. The van der Waals surface area contributed by atoms with Gasteiger partial charge in [-0.3, -0.25) is 4.68 Å². The van der Waals surface area contributed by atoms with Crippen LogP contribution in [0.3, 0.4) is 0 Å². The summed E-state index contributed by atoms with van der Waals surface area (Å²) in [7, 11) is 2.95. The number of carbonyl (C=O) groups excluding carboxylic acids is 1. The molecule has 0 unspecified atom stereocenters. The minimum atomic E-state index is -0.602. The lowest BCUT2D eigenvalue weighted by Gasteiger charge is -2.02. The smallest absolute Gasteiger partial charge is 0.340 e. The van der Waals surface area contributed by atoms with Gasteiger partial charge >= 0.3 is 5.97 Å². The Bertz CT molecular complexity index is 580. The normalized spacial score (nSPS) is 10.8. The van der Waals surface area contributed by atoms with Crippen molar-refractivity contribution in [3.05, 3.63) is 28.1 Å². The van der Waals surface area contributed by atoms with E-state index in [1.54, 1.807) is 13.2 Å². The van der Waals surface area contributed by atoms with Crippen LogP contribution in [-0.4, -0.2) is 22.9 Å². The first-order valence-electron chi connectivity index (χ1n) is 4.44. The Morgan fingerprint density at radius 3 is 2.94 bits per heavy atom. The van der Waals surface area contributed by atoms with Gasteiger partial charge in [0.05, 0.1) is 17.1 Å². The van der Waals surface area contributed by atoms with Gasteiger partial charge in [0, 0.05) is 18.6 Å². The van der Waals surface area contributed by atoms with Gasteiger partial charge in [-0.15, -0.1) is 0 Å². The second-order valence-electron chi connectivity index (χ2n) is 3.28. The topological polar surface area (TPSA) is 44.1 Å². The molecule has 0 aliphatic rings. The number of benzene rings is 1. The molecule has 1 aromatic carbocycles. The number of aryl methyl sites for hydroxylation is 1. The average molecular weight is 287 g/mol. The molecule has 2 aromatic rings. The van der Waals surface area contributed by atoms with Crippen LogP contribution < -0.4 is 0 Å². The van der Waals surface area contributed by atoms with E-state index in [-0.39, 0.29) is 5.56 Å². The van der Waals surface area contributed by atoms with E-state index < -0.39 is 11.8 Å². The van der Waals surface area contributed by atoms with Gasteiger partial charge < -0.3 is 4.74 Å². The van der Waals surface area contributed by atoms with E-state index in [2.05, 4.69) is 25.8 Å². The highest BCUT2D eigenvalue weighted by Gasteiger charge is 2.18. The Balaban J connectivity index is 2.84. The van der Waals surface area contributed by atoms with E-state index in [4.69, 9.17) is 0 Å². The molecule has 0 saturated carbocycles. The van der Waals surface area contributed by atoms with Crippen LogP contribution in [0.2, 0.25) is 0 Å². The lowest BCUT2D eigenvalue weighted by molar-refractivity contribution is 0.0602. The molecule has 0 N–H and O–H groups in total. The van der Waals surface area contributed by atoms with E-state index in [1.807, 2.05) is 0 Å². The Kier molecular flexibility index (Phi) is 2.67. The SMILES string of the molecule is COC(=O)c1cc(F)c(Br)c2cn(C)nc12. The summed E-state index contributed by atoms with van der Waals surface area (Å²) >= 11 is 3.12. The molecule has 16 heavy (non-hydrogen) atoms. The number of carbonyl (C=O) groups is 1. The molecule has 0 bridgehead atoms. The van der Waals surface area contributed by atoms with E-state index >= 15 is 0 Å². The van der Waals surface area contributed by atoms with Crippen molar-refractivity contribution in [2.24, 2.45) is 7.05 Å². The van der Waals surface area contributed by atoms with E-state index in [0.29, 0.717) is 15.4 Å². The third-order valence-electron chi connectivity index (χ3n) is 2.21. The fraction of sp³-hybridized carbons (Fsp3) is 0.200. The maximum absolute atomic E-state index is 13.5. The van der Waals surface area contributed by atoms with Crippen LogP contribution in [0.15, 0.2) is 16.7 Å². The second kappa shape index (κ2) is 3.86. The molecule has 0 aliphatic heterocycles. The Labute approximate surface area is 99.1 Å². The zero-order chi connectivity index (χ0) is 11.9. The highest BCUT2D eigenvalue weighted by Crippen LogP contribution is 2.29. The Morgan fingerprint density at radius 2 is 2.31 bits per heavy atom. The van der Waals surface area contributed by atoms with Gasteiger partial charge in [-0.2, -0.15) is 5.10 Å². The molecule has 0 aliphatic carbocycles. The molecule has 0 fully saturated rings. The number of esters is 1. The van der Waals surface area contributed by atoms with Crippen molar-refractivity contribution in [1.82, 2.24) is 9.78 Å². The standard InChI is InChI=1S/C10H8BrFN2O2/c1-14-4-6-8(11)7(12)3-5(9(6)13-14)10(15)16-2/h3-4H,1-2H3. The quantitative estimate of drug-likeness (QED) is 0.756. The number of hydrogen-bond acceptors (Lipinski definition) is 3. The molecule has 2 rings (SSSR count). The molecule has 0 spiro atoms. The number of ether oxygens (including phenoxy) is 1. The molecular formula is C10H8BrFN2O2. The average Bonchev–Trinajstić information content (AvgIpc) is 2.64. The first-order chi connectivity index (χ1) is 7.54. The van der Waals surface area contributed by atoms with E-state index in [0.717, 1.165) is 6.07 Å². The molecule has 6 heteroatoms. The number of nitrogens with zero attached hydrogens (tertiary/aromatic N) is 2. The summed E-state index contributed by atoms with van der Waals surface area (Å²) in [5.41, 5.74) is 0.543. The third-order valence-corrected chi connectivity index (χ3v) is 3.01. The van der Waals surface area contributed by atoms with Crippen LogP contribution in [0.25, 0.3) is 10.9 Å². The zero-order valence-corrected chi connectivity index (χ0v) is 10.2. The molecular weight excluding hydrogens is 279 g/mol. The van der Waals surface area contributed by atoms with Crippen molar-refractivity contribution < 1.29 is 13.9 Å². The van der Waals surface area contributed by atoms with Crippen molar-refractivity contribution in [3.8, 4) is 0 Å². The largest absolute Gasteiger partial charge is 0.465 e. The summed E-state index contributed by atoms with van der Waals surface area (Å²) in [6, 6.07) is 1.12. The van der Waals surface area contributed by atoms with Crippen molar-refractivity contribution in [2.75, 3.05) is 7.11 Å². The molecule has 0 saturated heterocycles. The molecule has 1 aromatic heterocycles. The van der Waals surface area contributed by atoms with Crippen molar-refractivity contribution >= 4 is 32.8 Å². The van der Waals surface area contributed by atoms with Gasteiger partial charge in [0.25, 0.3) is 0 Å². The fourth-order valence-corrected chi connectivity index (χ4v) is 1.91. The van der Waals surface area contributed by atoms with Crippen molar-refractivity contribution in [3.63, 3.8) is 0 Å². The van der Waals surface area contributed by atoms with Crippen LogP contribution in [-0.2, 0) is 11.8 Å². The number of aromatic nitrogens is 2. The van der Waals surface area contributed by atoms with Gasteiger partial charge in [0.1, 0.15) is 11.3 Å². The van der Waals surface area contributed by atoms with Gasteiger partial charge in [0.15, 0.2) is 0 Å². The van der Waals surface area contributed by atoms with Gasteiger partial charge in [-0.05, 0) is 22.0 Å². The molecule has 84 valence electrons. The molecule has 0 amide bonds. The summed E-state index contributed by atoms with van der Waals surface area (Å²) in [5, 5.41) is 4.65. The van der Waals surface area contributed by atoms with E-state index in [1.165, 1.54) is 11.8 Å². The minimum absolute atomic E-state index is 0.124. The number of halogens is 2. The Hall–Kier alpha value is -1.43. The maximum Gasteiger partial charge on any atom is 0.340 e. The first-order valence-corrected chi connectivity index (χ1v) is 5.23.